The van der Waals surface area contributed by atoms with Crippen LogP contribution < -0.4 is 9.74 Å². The van der Waals surface area contributed by atoms with Gasteiger partial charge in [-0.2, -0.15) is 46.7 Å². The number of aromatic nitrogens is 1. The van der Waals surface area contributed by atoms with Crippen LogP contribution in [-0.4, -0.2) is 182 Å². The van der Waals surface area contributed by atoms with Crippen LogP contribution >= 0.6 is 0 Å². The van der Waals surface area contributed by atoms with Gasteiger partial charge in [0.2, 0.25) is 17.4 Å². The van der Waals surface area contributed by atoms with E-state index in [9.17, 15) is 79.9 Å². The van der Waals surface area contributed by atoms with Gasteiger partial charge in [-0.05, 0) is 105 Å². The van der Waals surface area contributed by atoms with Crippen molar-refractivity contribution in [2.24, 2.45) is 0 Å². The number of methoxy groups -OCH3 is 2. The van der Waals surface area contributed by atoms with E-state index in [1.54, 1.807) is 55.1 Å². The largest absolute Gasteiger partial charge is 0.492 e. The van der Waals surface area contributed by atoms with E-state index in [0.29, 0.717) is 77.9 Å². The summed E-state index contributed by atoms with van der Waals surface area (Å²) in [6, 6.07) is 11.6. The number of ether oxygens (including phenoxy) is 5. The number of benzene rings is 4. The minimum Gasteiger partial charge on any atom is -0.492 e. The van der Waals surface area contributed by atoms with Gasteiger partial charge in [-0.1, -0.05) is 30.7 Å². The van der Waals surface area contributed by atoms with Crippen LogP contribution in [-0.2, 0) is 89.9 Å². The first-order chi connectivity index (χ1) is 41.3. The van der Waals surface area contributed by atoms with Gasteiger partial charge in [-0.15, -0.1) is 4.73 Å². The number of carbonyl (C=O) groups is 1. The van der Waals surface area contributed by atoms with E-state index in [4.69, 9.17) is 28.5 Å². The molecule has 0 fully saturated rings. The summed E-state index contributed by atoms with van der Waals surface area (Å²) in [6.45, 7) is 5.60. The molecule has 1 aromatic heterocycles. The molecule has 0 spiro atoms. The van der Waals surface area contributed by atoms with Gasteiger partial charge in [0.25, 0.3) is 50.6 Å². The lowest BCUT2D eigenvalue weighted by molar-refractivity contribution is -0.441. The molecule has 7 rings (SSSR count). The molecule has 482 valence electrons. The van der Waals surface area contributed by atoms with Crippen LogP contribution in [0.25, 0.3) is 21.5 Å². The second-order valence-electron chi connectivity index (χ2n) is 21.1. The molecule has 0 aliphatic carbocycles. The summed E-state index contributed by atoms with van der Waals surface area (Å²) in [7, 11) is -22.1. The lowest BCUT2D eigenvalue weighted by atomic mass is 9.74. The minimum atomic E-state index is -5.15. The minimum absolute atomic E-state index is 0.0296. The molecule has 2 aliphatic rings. The van der Waals surface area contributed by atoms with Crippen molar-refractivity contribution in [1.29, 1.82) is 0 Å². The van der Waals surface area contributed by atoms with Crippen LogP contribution in [0, 0.1) is 0 Å². The zero-order valence-corrected chi connectivity index (χ0v) is 52.4. The topological polar surface area (TPSA) is 396 Å². The quantitative estimate of drug-likeness (QED) is 0.0111. The maximum Gasteiger partial charge on any atom is 0.333 e. The smallest absolute Gasteiger partial charge is 0.333 e. The van der Waals surface area contributed by atoms with Crippen molar-refractivity contribution in [3.63, 3.8) is 0 Å². The number of allylic oxidation sites excluding steroid dienone is 6. The van der Waals surface area contributed by atoms with Crippen molar-refractivity contribution >= 4 is 95.2 Å². The molecule has 0 saturated carbocycles. The van der Waals surface area contributed by atoms with Gasteiger partial charge in [0.05, 0.1) is 60.6 Å². The van der Waals surface area contributed by atoms with E-state index in [1.807, 2.05) is 11.8 Å². The molecule has 0 amide bonds. The summed E-state index contributed by atoms with van der Waals surface area (Å²) in [5.41, 5.74) is -0.0561. The normalized spacial score (nSPS) is 18.1. The van der Waals surface area contributed by atoms with Crippen LogP contribution in [0.4, 0.5) is 11.4 Å². The van der Waals surface area contributed by atoms with E-state index in [1.165, 1.54) is 25.3 Å². The lowest BCUT2D eigenvalue weighted by Crippen LogP contribution is -2.32. The summed E-state index contributed by atoms with van der Waals surface area (Å²) < 4.78 is 208. The van der Waals surface area contributed by atoms with Crippen molar-refractivity contribution in [2.75, 3.05) is 90.8 Å². The number of hydrogen-bond donors (Lipinski definition) is 7. The summed E-state index contributed by atoms with van der Waals surface area (Å²) in [4.78, 5) is 16.5. The standard InChI is InChI=1S/C56H69N3O24S5/c1-55(21-11-33-84(63,64)65)48(58(24-26-78-3)45-18-16-40-42(53(45)55)34-38(85(66,67)68)36-46(40)87(72,73)74)12-7-5-8-13-49-56(2,22-25-80-29-30-82-32-31-81-28-27-79-4)54-43-35-39(86(69,70)71)37-47(88(75,76)77)41(43)15-17-44(54)57(49)23-10-6-9-14-52(62)83-59-50(60)19-20-51(59)61/h5,7-8,12-13,15-20,34-37H,6,9-11,14,21-33H2,1-4H3,(H6-,60,61,63,64,65,66,67,68,69,70,71,72,73,74,75,76,77)/p+1. The molecule has 7 N–H and O–H groups in total. The number of rotatable bonds is 33. The summed E-state index contributed by atoms with van der Waals surface area (Å²) in [5.74, 6) is -2.48. The Morgan fingerprint density at radius 3 is 1.66 bits per heavy atom. The highest BCUT2D eigenvalue weighted by molar-refractivity contribution is 7.87. The molecule has 0 bridgehead atoms. The van der Waals surface area contributed by atoms with Crippen molar-refractivity contribution in [1.82, 2.24) is 4.73 Å². The Labute approximate surface area is 509 Å². The Morgan fingerprint density at radius 2 is 1.11 bits per heavy atom. The van der Waals surface area contributed by atoms with Gasteiger partial charge >= 0.3 is 5.97 Å². The fourth-order valence-electron chi connectivity index (χ4n) is 11.2. The molecular formula is C56H70N3O24S5+. The maximum absolute atomic E-state index is 13.0. The molecule has 32 heteroatoms. The first-order valence-electron chi connectivity index (χ1n) is 27.3. The Balaban J connectivity index is 1.34. The van der Waals surface area contributed by atoms with Crippen LogP contribution in [0.2, 0.25) is 0 Å². The third-order valence-electron chi connectivity index (χ3n) is 15.2. The molecule has 0 radical (unpaired) electrons. The van der Waals surface area contributed by atoms with E-state index >= 15 is 0 Å². The molecule has 88 heavy (non-hydrogen) atoms. The van der Waals surface area contributed by atoms with Crippen molar-refractivity contribution in [3.8, 4) is 11.8 Å². The third kappa shape index (κ3) is 16.2. The van der Waals surface area contributed by atoms with E-state index < -0.39 is 104 Å². The van der Waals surface area contributed by atoms with Crippen LogP contribution in [0.1, 0.15) is 69.9 Å². The monoisotopic (exact) mass is 1330 g/mol. The zero-order valence-electron chi connectivity index (χ0n) is 48.3. The average molecular weight is 1330 g/mol. The summed E-state index contributed by atoms with van der Waals surface area (Å²) in [6.07, 6.45) is 9.14. The number of carbonyl (C=O) groups excluding carboxylic acids is 1. The third-order valence-corrected chi connectivity index (χ3v) is 19.4. The van der Waals surface area contributed by atoms with E-state index in [-0.39, 0.29) is 105 Å². The predicted molar refractivity (Wildman–Crippen MR) is 320 cm³/mol. The van der Waals surface area contributed by atoms with Gasteiger partial charge in [0.1, 0.15) is 16.4 Å². The number of anilines is 1. The number of nitrogens with zero attached hydrogens (tertiary/aromatic N) is 3. The van der Waals surface area contributed by atoms with Crippen LogP contribution in [0.15, 0.2) is 116 Å². The second kappa shape index (κ2) is 28.3. The van der Waals surface area contributed by atoms with Crippen LogP contribution in [0.3, 0.4) is 0 Å². The second-order valence-corrected chi connectivity index (χ2v) is 28.3. The summed E-state index contributed by atoms with van der Waals surface area (Å²) >= 11 is 0. The first-order valence-corrected chi connectivity index (χ1v) is 34.7. The molecular weight excluding hydrogens is 1260 g/mol. The van der Waals surface area contributed by atoms with E-state index in [2.05, 4.69) is 0 Å². The van der Waals surface area contributed by atoms with Crippen LogP contribution in [0.5, 0.6) is 11.8 Å². The highest BCUT2D eigenvalue weighted by Crippen LogP contribution is 2.54. The van der Waals surface area contributed by atoms with Gasteiger partial charge in [-0.25, -0.2) is 4.79 Å². The number of fused-ring (bicyclic) bond motifs is 6. The molecule has 27 nitrogen and oxygen atoms in total. The van der Waals surface area contributed by atoms with Crippen molar-refractivity contribution in [3.05, 3.63) is 108 Å². The Kier molecular flexibility index (Phi) is 22.3. The lowest BCUT2D eigenvalue weighted by Gasteiger charge is -2.31. The SMILES string of the molecule is COCCOCCOCCOCCC1(C)C(=CC=CC=CC2=[N+](CCOC)c3ccc4c(S(=O)(=O)O)cc(S(=O)(=O)O)cc4c3C2(C)CCCS(=O)(=O)O)N(CCCCCC(=O)On2c(O)ccc2O)c2ccc3c(S(=O)(=O)O)cc(S(=O)(=O)O)cc3c21. The van der Waals surface area contributed by atoms with Gasteiger partial charge < -0.3 is 43.6 Å². The fourth-order valence-corrected chi connectivity index (χ4v) is 14.4. The van der Waals surface area contributed by atoms with Gasteiger partial charge in [0, 0.05) is 91.2 Å². The molecule has 5 aromatic rings. The number of unbranched alkanes of at least 4 members (excludes halogenated alkanes) is 2. The molecule has 2 unspecified atom stereocenters. The molecule has 4 aromatic carbocycles. The van der Waals surface area contributed by atoms with Crippen molar-refractivity contribution in [2.45, 2.75) is 89.2 Å². The molecule has 2 aliphatic heterocycles. The number of hydrogen-bond acceptors (Lipinski definition) is 20. The number of aromatic hydroxyl groups is 2. The maximum atomic E-state index is 13.0. The summed E-state index contributed by atoms with van der Waals surface area (Å²) in [5, 5.41) is 19.8. The molecule has 2 atom stereocenters. The average Bonchev–Trinajstić information content (AvgIpc) is 2.06. The van der Waals surface area contributed by atoms with Gasteiger partial charge in [-0.3, -0.25) is 22.8 Å². The molecule has 0 saturated heterocycles. The fraction of sp³-hybridized carbons (Fsp3) is 0.429. The molecule has 3 heterocycles. The highest BCUT2D eigenvalue weighted by Gasteiger charge is 2.49. The van der Waals surface area contributed by atoms with E-state index in [0.717, 1.165) is 24.3 Å². The van der Waals surface area contributed by atoms with Gasteiger partial charge in [0.15, 0.2) is 12.3 Å². The Morgan fingerprint density at radius 1 is 0.568 bits per heavy atom. The Hall–Kier alpha value is -6.21. The zero-order chi connectivity index (χ0) is 64.6. The Bertz CT molecular complexity index is 4140. The first kappa shape index (κ1) is 69.3. The van der Waals surface area contributed by atoms with Crippen molar-refractivity contribution < 1.29 is 113 Å². The predicted octanol–water partition coefficient (Wildman–Crippen LogP) is 5.94. The highest BCUT2D eigenvalue weighted by atomic mass is 32.2.